The van der Waals surface area contributed by atoms with E-state index in [0.29, 0.717) is 30.1 Å². The molecule has 9 heteroatoms. The van der Waals surface area contributed by atoms with Crippen molar-refractivity contribution in [2.24, 2.45) is 0 Å². The number of methoxy groups -OCH3 is 1. The number of anilines is 2. The van der Waals surface area contributed by atoms with E-state index in [9.17, 15) is 18.0 Å². The van der Waals surface area contributed by atoms with E-state index in [-0.39, 0.29) is 16.5 Å². The number of amides is 2. The summed E-state index contributed by atoms with van der Waals surface area (Å²) in [4.78, 5) is 28.3. The van der Waals surface area contributed by atoms with Crippen LogP contribution in [0.4, 0.5) is 11.4 Å². The minimum Gasteiger partial charge on any atom is -0.495 e. The zero-order valence-electron chi connectivity index (χ0n) is 21.0. The second-order valence-corrected chi connectivity index (χ2v) is 10.8. The lowest BCUT2D eigenvalue weighted by atomic mass is 10.1. The molecule has 2 amide bonds. The Morgan fingerprint density at radius 1 is 0.919 bits per heavy atom. The molecule has 1 aliphatic heterocycles. The summed E-state index contributed by atoms with van der Waals surface area (Å²) in [5.74, 6) is -0.420. The monoisotopic (exact) mass is 521 g/mol. The molecule has 1 aliphatic rings. The Morgan fingerprint density at radius 3 is 2.27 bits per heavy atom. The van der Waals surface area contributed by atoms with Crippen LogP contribution in [-0.2, 0) is 14.8 Å². The van der Waals surface area contributed by atoms with Gasteiger partial charge in [-0.1, -0.05) is 42.0 Å². The molecule has 1 saturated heterocycles. The van der Waals surface area contributed by atoms with Crippen molar-refractivity contribution >= 4 is 33.2 Å². The van der Waals surface area contributed by atoms with Crippen LogP contribution in [0.25, 0.3) is 0 Å². The fourth-order valence-corrected chi connectivity index (χ4v) is 5.77. The van der Waals surface area contributed by atoms with Crippen molar-refractivity contribution in [2.75, 3.05) is 36.4 Å². The number of nitrogens with one attached hydrogen (secondary N) is 1. The Bertz CT molecular complexity index is 1370. The maximum atomic E-state index is 13.7. The van der Waals surface area contributed by atoms with Crippen molar-refractivity contribution in [3.8, 4) is 5.75 Å². The quantitative estimate of drug-likeness (QED) is 0.472. The molecular formula is C28H31N3O5S. The number of sulfonamides is 1. The van der Waals surface area contributed by atoms with Crippen molar-refractivity contribution in [3.63, 3.8) is 0 Å². The SMILES string of the molecule is COc1ccccc1N(CC(=O)Nc1ccccc1C(=O)N1CCCCC1)S(=O)(=O)c1ccc(C)cc1. The summed E-state index contributed by atoms with van der Waals surface area (Å²) in [7, 11) is -2.67. The van der Waals surface area contributed by atoms with Crippen LogP contribution in [0.2, 0.25) is 0 Å². The number of benzene rings is 3. The zero-order chi connectivity index (χ0) is 26.4. The molecule has 3 aromatic rings. The normalized spacial score (nSPS) is 13.6. The highest BCUT2D eigenvalue weighted by Gasteiger charge is 2.30. The molecule has 0 spiro atoms. The second-order valence-electron chi connectivity index (χ2n) is 8.94. The Labute approximate surface area is 217 Å². The number of ether oxygens (including phenoxy) is 1. The molecule has 1 fully saturated rings. The molecule has 0 bridgehead atoms. The number of rotatable bonds is 8. The maximum Gasteiger partial charge on any atom is 0.264 e. The van der Waals surface area contributed by atoms with E-state index in [1.807, 2.05) is 6.92 Å². The zero-order valence-corrected chi connectivity index (χ0v) is 21.8. The lowest BCUT2D eigenvalue weighted by molar-refractivity contribution is -0.114. The van der Waals surface area contributed by atoms with Crippen molar-refractivity contribution in [2.45, 2.75) is 31.1 Å². The van der Waals surface area contributed by atoms with Gasteiger partial charge in [0.2, 0.25) is 5.91 Å². The van der Waals surface area contributed by atoms with E-state index < -0.39 is 22.5 Å². The summed E-state index contributed by atoms with van der Waals surface area (Å²) in [5.41, 5.74) is 1.87. The number of nitrogens with zero attached hydrogens (tertiary/aromatic N) is 2. The second kappa shape index (κ2) is 11.5. The fraction of sp³-hybridized carbons (Fsp3) is 0.286. The van der Waals surface area contributed by atoms with Gasteiger partial charge in [-0.25, -0.2) is 8.42 Å². The van der Waals surface area contributed by atoms with E-state index in [2.05, 4.69) is 5.32 Å². The van der Waals surface area contributed by atoms with Gasteiger partial charge in [0.25, 0.3) is 15.9 Å². The van der Waals surface area contributed by atoms with Gasteiger partial charge in [0.1, 0.15) is 12.3 Å². The summed E-state index contributed by atoms with van der Waals surface area (Å²) in [6, 6.07) is 19.9. The average Bonchev–Trinajstić information content (AvgIpc) is 2.92. The first-order valence-corrected chi connectivity index (χ1v) is 13.7. The van der Waals surface area contributed by atoms with E-state index in [0.717, 1.165) is 29.1 Å². The van der Waals surface area contributed by atoms with E-state index in [4.69, 9.17) is 4.74 Å². The van der Waals surface area contributed by atoms with Crippen LogP contribution < -0.4 is 14.4 Å². The van der Waals surface area contributed by atoms with Gasteiger partial charge in [-0.05, 0) is 62.6 Å². The van der Waals surface area contributed by atoms with Crippen LogP contribution in [0.1, 0.15) is 35.2 Å². The first kappa shape index (κ1) is 26.2. The van der Waals surface area contributed by atoms with Crippen molar-refractivity contribution in [3.05, 3.63) is 83.9 Å². The van der Waals surface area contributed by atoms with Crippen LogP contribution in [0.3, 0.4) is 0 Å². The molecule has 4 rings (SSSR count). The molecule has 0 unspecified atom stereocenters. The lowest BCUT2D eigenvalue weighted by Crippen LogP contribution is -2.39. The van der Waals surface area contributed by atoms with Gasteiger partial charge in [0.15, 0.2) is 0 Å². The van der Waals surface area contributed by atoms with Crippen LogP contribution in [0, 0.1) is 6.92 Å². The van der Waals surface area contributed by atoms with Crippen molar-refractivity contribution in [1.29, 1.82) is 0 Å². The smallest absolute Gasteiger partial charge is 0.264 e. The molecule has 0 aliphatic carbocycles. The van der Waals surface area contributed by atoms with Crippen LogP contribution in [0.15, 0.2) is 77.7 Å². The maximum absolute atomic E-state index is 13.7. The third-order valence-corrected chi connectivity index (χ3v) is 8.10. The summed E-state index contributed by atoms with van der Waals surface area (Å²) < 4.78 is 33.9. The number of carbonyl (C=O) groups is 2. The Morgan fingerprint density at radius 2 is 1.57 bits per heavy atom. The highest BCUT2D eigenvalue weighted by molar-refractivity contribution is 7.92. The molecule has 0 radical (unpaired) electrons. The van der Waals surface area contributed by atoms with E-state index in [1.165, 1.54) is 19.2 Å². The van der Waals surface area contributed by atoms with Crippen LogP contribution >= 0.6 is 0 Å². The fourth-order valence-electron chi connectivity index (χ4n) is 4.34. The highest BCUT2D eigenvalue weighted by atomic mass is 32.2. The molecule has 0 aromatic heterocycles. The molecule has 0 saturated carbocycles. The van der Waals surface area contributed by atoms with Gasteiger partial charge in [-0.2, -0.15) is 0 Å². The predicted octanol–water partition coefficient (Wildman–Crippen LogP) is 4.46. The lowest BCUT2D eigenvalue weighted by Gasteiger charge is -2.28. The Balaban J connectivity index is 1.64. The predicted molar refractivity (Wildman–Crippen MR) is 144 cm³/mol. The molecule has 1 heterocycles. The summed E-state index contributed by atoms with van der Waals surface area (Å²) >= 11 is 0. The van der Waals surface area contributed by atoms with Crippen LogP contribution in [0.5, 0.6) is 5.75 Å². The number of aryl methyl sites for hydroxylation is 1. The Hall–Kier alpha value is -3.85. The number of carbonyl (C=O) groups excluding carboxylic acids is 2. The van der Waals surface area contributed by atoms with Gasteiger partial charge < -0.3 is 15.0 Å². The first-order chi connectivity index (χ1) is 17.8. The third-order valence-electron chi connectivity index (χ3n) is 6.32. The number of piperidine rings is 1. The highest BCUT2D eigenvalue weighted by Crippen LogP contribution is 2.32. The number of hydrogen-bond acceptors (Lipinski definition) is 5. The minimum atomic E-state index is -4.12. The molecule has 3 aromatic carbocycles. The average molecular weight is 522 g/mol. The van der Waals surface area contributed by atoms with Crippen LogP contribution in [-0.4, -0.2) is 51.9 Å². The van der Waals surface area contributed by atoms with Gasteiger partial charge in [-0.3, -0.25) is 13.9 Å². The van der Waals surface area contributed by atoms with E-state index >= 15 is 0 Å². The van der Waals surface area contributed by atoms with Gasteiger partial charge in [-0.15, -0.1) is 0 Å². The molecular weight excluding hydrogens is 490 g/mol. The summed E-state index contributed by atoms with van der Waals surface area (Å²) in [6.45, 7) is 2.71. The van der Waals surface area contributed by atoms with Crippen molar-refractivity contribution < 1.29 is 22.7 Å². The third kappa shape index (κ3) is 5.94. The molecule has 194 valence electrons. The van der Waals surface area contributed by atoms with Gasteiger partial charge in [0.05, 0.1) is 28.9 Å². The summed E-state index contributed by atoms with van der Waals surface area (Å²) in [5, 5.41) is 2.77. The summed E-state index contributed by atoms with van der Waals surface area (Å²) in [6.07, 6.45) is 2.99. The number of hydrogen-bond donors (Lipinski definition) is 1. The minimum absolute atomic E-state index is 0.0532. The topological polar surface area (TPSA) is 96.0 Å². The molecule has 8 nitrogen and oxygen atoms in total. The van der Waals surface area contributed by atoms with Gasteiger partial charge in [0, 0.05) is 13.1 Å². The number of para-hydroxylation sites is 3. The first-order valence-electron chi connectivity index (χ1n) is 12.2. The Kier molecular flexibility index (Phi) is 8.13. The molecule has 1 N–H and O–H groups in total. The van der Waals surface area contributed by atoms with Gasteiger partial charge >= 0.3 is 0 Å². The largest absolute Gasteiger partial charge is 0.495 e. The number of likely N-dealkylation sites (tertiary alicyclic amines) is 1. The molecule has 0 atom stereocenters. The van der Waals surface area contributed by atoms with Crippen molar-refractivity contribution in [1.82, 2.24) is 4.90 Å². The standard InChI is InChI=1S/C28H31N3O5S/c1-21-14-16-22(17-15-21)37(34,35)31(25-12-6-7-13-26(25)36-2)20-27(32)29-24-11-5-4-10-23(24)28(33)30-18-8-3-9-19-30/h4-7,10-17H,3,8-9,18-20H2,1-2H3,(H,29,32). The van der Waals surface area contributed by atoms with E-state index in [1.54, 1.807) is 65.6 Å². The molecule has 37 heavy (non-hydrogen) atoms.